The quantitative estimate of drug-likeness (QED) is 0.346. The van der Waals surface area contributed by atoms with Crippen molar-refractivity contribution in [2.75, 3.05) is 0 Å². The highest BCUT2D eigenvalue weighted by molar-refractivity contribution is 5.91. The molecule has 0 heteroatoms. The first-order valence-corrected chi connectivity index (χ1v) is 14.6. The first-order valence-electron chi connectivity index (χ1n) is 14.6. The average molecular weight is 476 g/mol. The van der Waals surface area contributed by atoms with Gasteiger partial charge < -0.3 is 0 Å². The Kier molecular flexibility index (Phi) is 4.80. The van der Waals surface area contributed by atoms with Crippen molar-refractivity contribution >= 4 is 5.57 Å². The Morgan fingerprint density at radius 2 is 1.39 bits per heavy atom. The zero-order chi connectivity index (χ0) is 25.0. The molecule has 1 radical (unpaired) electrons. The number of rotatable bonds is 2. The zero-order valence-electron chi connectivity index (χ0n) is 23.3. The van der Waals surface area contributed by atoms with Crippen LogP contribution in [0.2, 0.25) is 0 Å². The number of hydrogen-bond donors (Lipinski definition) is 0. The monoisotopic (exact) mass is 475 g/mol. The Morgan fingerprint density at radius 3 is 2.00 bits per heavy atom. The van der Waals surface area contributed by atoms with Crippen LogP contribution in [0.5, 0.6) is 0 Å². The first kappa shape index (κ1) is 23.1. The van der Waals surface area contributed by atoms with Gasteiger partial charge in [-0.1, -0.05) is 84.0 Å². The van der Waals surface area contributed by atoms with Gasteiger partial charge in [-0.15, -0.1) is 0 Å². The van der Waals surface area contributed by atoms with Crippen LogP contribution in [0.1, 0.15) is 114 Å². The molecule has 2 aromatic rings. The van der Waals surface area contributed by atoms with Crippen LogP contribution in [0, 0.1) is 29.6 Å². The maximum atomic E-state index is 2.58. The molecule has 6 aliphatic rings. The summed E-state index contributed by atoms with van der Waals surface area (Å²) in [5, 5.41) is 0. The van der Waals surface area contributed by atoms with Gasteiger partial charge in [0.15, 0.2) is 0 Å². The summed E-state index contributed by atoms with van der Waals surface area (Å²) in [6.45, 7) is 14.2. The highest BCUT2D eigenvalue weighted by Gasteiger charge is 2.53. The third kappa shape index (κ3) is 3.39. The lowest BCUT2D eigenvalue weighted by molar-refractivity contribution is -0.0281. The molecule has 0 heterocycles. The predicted molar refractivity (Wildman–Crippen MR) is 153 cm³/mol. The topological polar surface area (TPSA) is 0 Å². The summed E-state index contributed by atoms with van der Waals surface area (Å²) < 4.78 is 0. The molecule has 0 nitrogen and oxygen atoms in total. The van der Waals surface area contributed by atoms with Crippen LogP contribution in [-0.4, -0.2) is 0 Å². The molecule has 4 saturated carbocycles. The lowest BCUT2D eigenvalue weighted by Crippen LogP contribution is -2.46. The molecule has 0 saturated heterocycles. The van der Waals surface area contributed by atoms with E-state index in [9.17, 15) is 0 Å². The summed E-state index contributed by atoms with van der Waals surface area (Å²) in [6, 6.07) is 12.1. The molecule has 0 aliphatic heterocycles. The van der Waals surface area contributed by atoms with Gasteiger partial charge in [-0.25, -0.2) is 0 Å². The second-order valence-electron chi connectivity index (χ2n) is 15.1. The molecule has 6 aliphatic carbocycles. The predicted octanol–water partition coefficient (Wildman–Crippen LogP) is 9.79. The van der Waals surface area contributed by atoms with Gasteiger partial charge in [-0.2, -0.15) is 0 Å². The molecule has 0 N–H and O–H groups in total. The summed E-state index contributed by atoms with van der Waals surface area (Å²) in [5.41, 5.74) is 14.4. The normalized spacial score (nSPS) is 30.3. The standard InChI is InChI=1S/C36H43/c1-34(2,3)26-10-11-27-25(17-26)18-30-28(27)12-13-32(35(4,5)6)33(30)29-8-7-9-31(29)36-19-22-14-23(20-36)16-24(15-22)21-36/h7,9-13,17-18,22-24H,8,14-16,19-21H2,1-6H3. The maximum absolute atomic E-state index is 2.58. The largest absolute Gasteiger partial charge is 0.0798 e. The molecule has 4 fully saturated rings. The van der Waals surface area contributed by atoms with Gasteiger partial charge in [0.2, 0.25) is 0 Å². The minimum Gasteiger partial charge on any atom is -0.0798 e. The van der Waals surface area contributed by atoms with E-state index in [-0.39, 0.29) is 10.8 Å². The van der Waals surface area contributed by atoms with Crippen LogP contribution in [0.15, 0.2) is 48.1 Å². The fourth-order valence-electron chi connectivity index (χ4n) is 9.18. The summed E-state index contributed by atoms with van der Waals surface area (Å²) in [7, 11) is 0. The zero-order valence-corrected chi connectivity index (χ0v) is 23.3. The van der Waals surface area contributed by atoms with Crippen molar-refractivity contribution in [2.45, 2.75) is 97.3 Å². The van der Waals surface area contributed by atoms with Crippen LogP contribution >= 0.6 is 0 Å². The lowest BCUT2D eigenvalue weighted by atomic mass is 9.47. The fourth-order valence-corrected chi connectivity index (χ4v) is 9.18. The Bertz CT molecular complexity index is 1280. The van der Waals surface area contributed by atoms with E-state index in [1.54, 1.807) is 16.7 Å². The van der Waals surface area contributed by atoms with E-state index >= 15 is 0 Å². The van der Waals surface area contributed by atoms with Crippen LogP contribution in [0.3, 0.4) is 0 Å². The number of allylic oxidation sites excluding steroid dienone is 4. The van der Waals surface area contributed by atoms with E-state index in [0.29, 0.717) is 5.41 Å². The Labute approximate surface area is 219 Å². The van der Waals surface area contributed by atoms with Gasteiger partial charge >= 0.3 is 0 Å². The van der Waals surface area contributed by atoms with Crippen molar-refractivity contribution in [3.8, 4) is 11.1 Å². The summed E-state index contributed by atoms with van der Waals surface area (Å²) in [4.78, 5) is 0. The summed E-state index contributed by atoms with van der Waals surface area (Å²) in [6.07, 6.45) is 17.6. The minimum absolute atomic E-state index is 0.117. The van der Waals surface area contributed by atoms with Gasteiger partial charge in [-0.05, 0) is 129 Å². The number of hydrogen-bond acceptors (Lipinski definition) is 0. The van der Waals surface area contributed by atoms with Gasteiger partial charge in [0, 0.05) is 6.42 Å². The number of benzene rings is 2. The van der Waals surface area contributed by atoms with E-state index in [1.165, 1.54) is 71.9 Å². The molecule has 4 bridgehead atoms. The highest BCUT2D eigenvalue weighted by Crippen LogP contribution is 2.65. The molecule has 2 aromatic carbocycles. The van der Waals surface area contributed by atoms with E-state index in [4.69, 9.17) is 0 Å². The summed E-state index contributed by atoms with van der Waals surface area (Å²) in [5.74, 6) is 2.94. The van der Waals surface area contributed by atoms with E-state index in [2.05, 4.69) is 90.4 Å². The van der Waals surface area contributed by atoms with Crippen LogP contribution in [0.25, 0.3) is 16.7 Å². The molecule has 187 valence electrons. The minimum atomic E-state index is 0.117. The van der Waals surface area contributed by atoms with Crippen molar-refractivity contribution in [1.29, 1.82) is 0 Å². The van der Waals surface area contributed by atoms with Gasteiger partial charge in [0.25, 0.3) is 0 Å². The smallest absolute Gasteiger partial charge is 0.0218 e. The highest BCUT2D eigenvalue weighted by atomic mass is 14.6. The number of fused-ring (bicyclic) bond motifs is 3. The summed E-state index contributed by atoms with van der Waals surface area (Å²) >= 11 is 0. The molecule has 0 spiro atoms. The average Bonchev–Trinajstić information content (AvgIpc) is 3.41. The SMILES string of the molecule is CC(C)(C)c1ccc2c(c1)[CH]c1c-2ccc(C(C)(C)C)c1C1=C(C23CC4CC(CC(C4)C2)C3)C=CC1. The molecule has 0 unspecified atom stereocenters. The molecular formula is C36H43. The van der Waals surface area contributed by atoms with E-state index in [0.717, 1.165) is 24.2 Å². The van der Waals surface area contributed by atoms with Crippen molar-refractivity contribution in [1.82, 2.24) is 0 Å². The van der Waals surface area contributed by atoms with Crippen LogP contribution in [-0.2, 0) is 10.8 Å². The van der Waals surface area contributed by atoms with Crippen LogP contribution < -0.4 is 0 Å². The molecule has 0 atom stereocenters. The van der Waals surface area contributed by atoms with Crippen molar-refractivity contribution in [3.05, 3.63) is 82.3 Å². The molecule has 8 rings (SSSR count). The Hall–Kier alpha value is -2.08. The van der Waals surface area contributed by atoms with E-state index in [1.807, 2.05) is 0 Å². The maximum Gasteiger partial charge on any atom is 0.0218 e. The third-order valence-corrected chi connectivity index (χ3v) is 10.4. The molecular weight excluding hydrogens is 432 g/mol. The van der Waals surface area contributed by atoms with Crippen molar-refractivity contribution in [3.63, 3.8) is 0 Å². The Balaban J connectivity index is 1.41. The van der Waals surface area contributed by atoms with E-state index < -0.39 is 0 Å². The second kappa shape index (κ2) is 7.49. The fraction of sp³-hybridized carbons (Fsp3) is 0.528. The van der Waals surface area contributed by atoms with Gasteiger partial charge in [-0.3, -0.25) is 0 Å². The Morgan fingerprint density at radius 1 is 0.750 bits per heavy atom. The second-order valence-corrected chi connectivity index (χ2v) is 15.1. The molecule has 36 heavy (non-hydrogen) atoms. The van der Waals surface area contributed by atoms with Crippen LogP contribution in [0.4, 0.5) is 0 Å². The van der Waals surface area contributed by atoms with Gasteiger partial charge in [0.05, 0.1) is 0 Å². The first-order chi connectivity index (χ1) is 17.0. The third-order valence-electron chi connectivity index (χ3n) is 10.4. The molecule has 0 aromatic heterocycles. The van der Waals surface area contributed by atoms with Crippen molar-refractivity contribution in [2.24, 2.45) is 23.2 Å². The van der Waals surface area contributed by atoms with Crippen molar-refractivity contribution < 1.29 is 0 Å². The molecule has 0 amide bonds. The lowest BCUT2D eigenvalue weighted by Gasteiger charge is -2.57. The van der Waals surface area contributed by atoms with Gasteiger partial charge in [0.1, 0.15) is 0 Å².